The minimum atomic E-state index is -0.987. The van der Waals surface area contributed by atoms with Crippen molar-refractivity contribution in [2.24, 2.45) is 11.8 Å². The number of amides is 2. The van der Waals surface area contributed by atoms with Crippen LogP contribution in [0.4, 0.5) is 5.69 Å². The maximum atomic E-state index is 14.3. The summed E-state index contributed by atoms with van der Waals surface area (Å²) in [4.78, 5) is 45.7. The molecule has 3 aliphatic heterocycles. The van der Waals surface area contributed by atoms with Crippen molar-refractivity contribution < 1.29 is 23.9 Å². The van der Waals surface area contributed by atoms with Crippen LogP contribution < -0.4 is 9.64 Å². The van der Waals surface area contributed by atoms with Gasteiger partial charge in [0.2, 0.25) is 11.8 Å². The number of benzene rings is 4. The topological polar surface area (TPSA) is 76.2 Å². The van der Waals surface area contributed by atoms with Gasteiger partial charge in [0.25, 0.3) is 0 Å². The molecule has 3 heterocycles. The minimum Gasteiger partial charge on any atom is -0.497 e. The van der Waals surface area contributed by atoms with Crippen molar-refractivity contribution in [2.45, 2.75) is 18.2 Å². The molecule has 7 rings (SSSR count). The average molecular weight is 557 g/mol. The number of ether oxygens (including phenoxy) is 2. The van der Waals surface area contributed by atoms with Crippen LogP contribution in [0.3, 0.4) is 0 Å². The highest BCUT2D eigenvalue weighted by Gasteiger charge is 2.65. The highest BCUT2D eigenvalue weighted by Crippen LogP contribution is 2.53. The zero-order valence-corrected chi connectivity index (χ0v) is 22.9. The number of imide groups is 1. The molecule has 0 radical (unpaired) electrons. The van der Waals surface area contributed by atoms with Gasteiger partial charge in [-0.3, -0.25) is 9.59 Å². The molecule has 7 heteroatoms. The molecule has 0 N–H and O–H groups in total. The standard InChI is InChI=1S/C35H28N2O5/c1-41-26-18-16-25(17-19-26)37-33(38)28-29(34(37)39)31(36-21-20-22-10-8-9-15-27(22)30(28)36)35(40)42-32(23-11-4-2-5-12-23)24-13-6-3-7-14-24/h2-21,28-32H,1H3/t28-,29+,30-,31-/m0/s1. The number of carbonyl (C=O) groups excluding carboxylic acids is 3. The van der Waals surface area contributed by atoms with Gasteiger partial charge in [-0.25, -0.2) is 9.69 Å². The summed E-state index contributed by atoms with van der Waals surface area (Å²) in [6.07, 6.45) is 3.08. The zero-order chi connectivity index (χ0) is 28.8. The number of anilines is 1. The Kier molecular flexibility index (Phi) is 6.35. The van der Waals surface area contributed by atoms with Gasteiger partial charge in [0.1, 0.15) is 11.8 Å². The van der Waals surface area contributed by atoms with Gasteiger partial charge >= 0.3 is 5.97 Å². The second-order valence-electron chi connectivity index (χ2n) is 10.7. The summed E-state index contributed by atoms with van der Waals surface area (Å²) in [6.45, 7) is 0. The summed E-state index contributed by atoms with van der Waals surface area (Å²) in [5.74, 6) is -2.34. The van der Waals surface area contributed by atoms with E-state index in [1.54, 1.807) is 31.4 Å². The van der Waals surface area contributed by atoms with E-state index in [2.05, 4.69) is 0 Å². The number of esters is 1. The molecule has 2 fully saturated rings. The smallest absolute Gasteiger partial charge is 0.330 e. The number of hydrogen-bond donors (Lipinski definition) is 0. The van der Waals surface area contributed by atoms with Crippen LogP contribution in [-0.2, 0) is 19.1 Å². The molecule has 0 unspecified atom stereocenters. The van der Waals surface area contributed by atoms with Crippen LogP contribution >= 0.6 is 0 Å². The quantitative estimate of drug-likeness (QED) is 0.229. The van der Waals surface area contributed by atoms with Gasteiger partial charge in [0.05, 0.1) is 30.7 Å². The zero-order valence-electron chi connectivity index (χ0n) is 22.9. The van der Waals surface area contributed by atoms with E-state index in [0.29, 0.717) is 11.4 Å². The third kappa shape index (κ3) is 4.08. The SMILES string of the molecule is COc1ccc(N2C(=O)[C@@H]3[C@H](C2=O)[C@@H]2c4ccccc4C=CN2[C@@H]3C(=O)OC(c2ccccc2)c2ccccc2)cc1. The predicted molar refractivity (Wildman–Crippen MR) is 157 cm³/mol. The van der Waals surface area contributed by atoms with Crippen LogP contribution in [-0.4, -0.2) is 35.8 Å². The molecular formula is C35H28N2O5. The molecule has 0 saturated carbocycles. The van der Waals surface area contributed by atoms with Crippen molar-refractivity contribution in [3.63, 3.8) is 0 Å². The lowest BCUT2D eigenvalue weighted by Crippen LogP contribution is -2.45. The Morgan fingerprint density at radius 1 is 0.738 bits per heavy atom. The van der Waals surface area contributed by atoms with E-state index in [0.717, 1.165) is 22.3 Å². The van der Waals surface area contributed by atoms with Crippen molar-refractivity contribution in [3.8, 4) is 5.75 Å². The molecule has 0 bridgehead atoms. The van der Waals surface area contributed by atoms with E-state index in [-0.39, 0.29) is 5.91 Å². The molecule has 208 valence electrons. The number of nitrogens with zero attached hydrogens (tertiary/aromatic N) is 2. The fraction of sp³-hybridized carbons (Fsp3) is 0.171. The molecule has 2 amide bonds. The Morgan fingerprint density at radius 3 is 1.98 bits per heavy atom. The van der Waals surface area contributed by atoms with Crippen molar-refractivity contribution in [1.82, 2.24) is 4.90 Å². The Balaban J connectivity index is 1.30. The molecule has 3 aliphatic rings. The maximum Gasteiger partial charge on any atom is 0.330 e. The Hall–Kier alpha value is -5.17. The third-order valence-corrected chi connectivity index (χ3v) is 8.47. The lowest BCUT2D eigenvalue weighted by atomic mass is 9.84. The van der Waals surface area contributed by atoms with Crippen LogP contribution in [0.25, 0.3) is 6.08 Å². The van der Waals surface area contributed by atoms with Crippen LogP contribution in [0.5, 0.6) is 5.75 Å². The summed E-state index contributed by atoms with van der Waals surface area (Å²) < 4.78 is 11.6. The van der Waals surface area contributed by atoms with Crippen LogP contribution in [0.2, 0.25) is 0 Å². The van der Waals surface area contributed by atoms with Crippen molar-refractivity contribution >= 4 is 29.5 Å². The Labute approximate surface area is 243 Å². The maximum absolute atomic E-state index is 14.3. The molecule has 7 nitrogen and oxygen atoms in total. The van der Waals surface area contributed by atoms with Crippen molar-refractivity contribution in [2.75, 3.05) is 12.0 Å². The summed E-state index contributed by atoms with van der Waals surface area (Å²) in [5, 5.41) is 0. The number of hydrogen-bond acceptors (Lipinski definition) is 6. The Bertz CT molecular complexity index is 1650. The lowest BCUT2D eigenvalue weighted by Gasteiger charge is -2.35. The largest absolute Gasteiger partial charge is 0.497 e. The second kappa shape index (κ2) is 10.3. The molecule has 4 atom stereocenters. The second-order valence-corrected chi connectivity index (χ2v) is 10.7. The molecular weight excluding hydrogens is 528 g/mol. The molecule has 42 heavy (non-hydrogen) atoms. The first-order valence-corrected chi connectivity index (χ1v) is 13.9. The summed E-state index contributed by atoms with van der Waals surface area (Å²) in [6, 6.07) is 32.2. The summed E-state index contributed by atoms with van der Waals surface area (Å²) in [7, 11) is 1.56. The van der Waals surface area contributed by atoms with Gasteiger partial charge in [-0.1, -0.05) is 84.9 Å². The normalized spacial score (nSPS) is 22.1. The van der Waals surface area contributed by atoms with E-state index in [9.17, 15) is 14.4 Å². The van der Waals surface area contributed by atoms with Gasteiger partial charge in [-0.2, -0.15) is 0 Å². The fourth-order valence-corrected chi connectivity index (χ4v) is 6.58. The Morgan fingerprint density at radius 2 is 1.33 bits per heavy atom. The fourth-order valence-electron chi connectivity index (χ4n) is 6.58. The number of fused-ring (bicyclic) bond motifs is 5. The number of rotatable bonds is 6. The monoisotopic (exact) mass is 556 g/mol. The summed E-state index contributed by atoms with van der Waals surface area (Å²) in [5.41, 5.74) is 3.95. The molecule has 0 spiro atoms. The minimum absolute atomic E-state index is 0.326. The first-order valence-electron chi connectivity index (χ1n) is 13.9. The number of carbonyl (C=O) groups is 3. The summed E-state index contributed by atoms with van der Waals surface area (Å²) >= 11 is 0. The molecule has 2 saturated heterocycles. The van der Waals surface area contributed by atoms with Gasteiger partial charge in [-0.15, -0.1) is 0 Å². The number of methoxy groups -OCH3 is 1. The van der Waals surface area contributed by atoms with Crippen LogP contribution in [0.15, 0.2) is 115 Å². The van der Waals surface area contributed by atoms with Crippen molar-refractivity contribution in [3.05, 3.63) is 138 Å². The van der Waals surface area contributed by atoms with E-state index < -0.39 is 41.9 Å². The molecule has 4 aromatic rings. The lowest BCUT2D eigenvalue weighted by molar-refractivity contribution is -0.155. The predicted octanol–water partition coefficient (Wildman–Crippen LogP) is 5.54. The third-order valence-electron chi connectivity index (χ3n) is 8.47. The van der Waals surface area contributed by atoms with Gasteiger partial charge in [0.15, 0.2) is 6.10 Å². The molecule has 0 aliphatic carbocycles. The van der Waals surface area contributed by atoms with E-state index in [1.165, 1.54) is 4.90 Å². The average Bonchev–Trinajstić information content (AvgIpc) is 3.52. The first kappa shape index (κ1) is 25.8. The van der Waals surface area contributed by atoms with E-state index in [1.807, 2.05) is 102 Å². The van der Waals surface area contributed by atoms with E-state index in [4.69, 9.17) is 9.47 Å². The van der Waals surface area contributed by atoms with Crippen molar-refractivity contribution in [1.29, 1.82) is 0 Å². The highest BCUT2D eigenvalue weighted by molar-refractivity contribution is 6.24. The van der Waals surface area contributed by atoms with E-state index >= 15 is 0 Å². The molecule has 0 aromatic heterocycles. The van der Waals surface area contributed by atoms with Crippen LogP contribution in [0, 0.1) is 11.8 Å². The highest BCUT2D eigenvalue weighted by atomic mass is 16.5. The first-order chi connectivity index (χ1) is 20.6. The molecule has 4 aromatic carbocycles. The van der Waals surface area contributed by atoms with Gasteiger partial charge in [-0.05, 0) is 52.6 Å². The van der Waals surface area contributed by atoms with Crippen LogP contribution in [0.1, 0.15) is 34.4 Å². The van der Waals surface area contributed by atoms with Gasteiger partial charge in [0, 0.05) is 6.20 Å². The van der Waals surface area contributed by atoms with Gasteiger partial charge < -0.3 is 14.4 Å².